The molecule has 2 aromatic rings. The molecule has 1 unspecified atom stereocenters. The van der Waals surface area contributed by atoms with E-state index >= 15 is 0 Å². The van der Waals surface area contributed by atoms with Crippen LogP contribution in [0, 0.1) is 0 Å². The van der Waals surface area contributed by atoms with Crippen molar-refractivity contribution in [2.24, 2.45) is 5.73 Å². The standard InChI is InChI=1S/C29H34Cl2N4O4/c30-20-6-4-5-19(15-20)17-29(24-10-9-21(31)16-25(24)33-27(29)37)35(22-7-2-1-3-8-22)18-26(36)34-13-11-23(12-14-34)39-28(32)38/h4-6,9-10,15-16,22-23H,1-3,7-8,11-14,17-18H2,(H2,32,38)(H,33,37). The average Bonchev–Trinajstić information content (AvgIpc) is 3.18. The van der Waals surface area contributed by atoms with Crippen molar-refractivity contribution in [3.63, 3.8) is 0 Å². The van der Waals surface area contributed by atoms with Gasteiger partial charge in [0.05, 0.1) is 6.54 Å². The Morgan fingerprint density at radius 2 is 1.74 bits per heavy atom. The second kappa shape index (κ2) is 11.7. The van der Waals surface area contributed by atoms with E-state index in [1.54, 1.807) is 17.0 Å². The first-order valence-corrected chi connectivity index (χ1v) is 14.4. The van der Waals surface area contributed by atoms with Gasteiger partial charge in [-0.1, -0.05) is 60.7 Å². The first-order valence-electron chi connectivity index (χ1n) is 13.6. The maximum absolute atomic E-state index is 14.1. The Balaban J connectivity index is 1.51. The number of amides is 3. The third-order valence-electron chi connectivity index (χ3n) is 8.29. The molecule has 1 atom stereocenters. The van der Waals surface area contributed by atoms with Gasteiger partial charge in [-0.3, -0.25) is 14.5 Å². The highest BCUT2D eigenvalue weighted by Gasteiger charge is 2.54. The molecule has 1 aliphatic carbocycles. The number of nitrogens with zero attached hydrogens (tertiary/aromatic N) is 2. The number of benzene rings is 2. The lowest BCUT2D eigenvalue weighted by Gasteiger charge is -2.46. The number of ether oxygens (including phenoxy) is 1. The normalized spacial score (nSPS) is 22.0. The number of likely N-dealkylation sites (tertiary alicyclic amines) is 1. The van der Waals surface area contributed by atoms with E-state index in [1.807, 2.05) is 30.3 Å². The molecule has 0 aromatic heterocycles. The van der Waals surface area contributed by atoms with Gasteiger partial charge in [-0.15, -0.1) is 0 Å². The minimum atomic E-state index is -1.10. The molecule has 2 fully saturated rings. The fourth-order valence-electron chi connectivity index (χ4n) is 6.43. The topological polar surface area (TPSA) is 105 Å². The van der Waals surface area contributed by atoms with Gasteiger partial charge in [0.25, 0.3) is 0 Å². The number of carbonyl (C=O) groups is 3. The number of halogens is 2. The number of hydrogen-bond acceptors (Lipinski definition) is 5. The molecule has 39 heavy (non-hydrogen) atoms. The van der Waals surface area contributed by atoms with E-state index in [9.17, 15) is 14.4 Å². The Kier molecular flexibility index (Phi) is 8.35. The predicted octanol–water partition coefficient (Wildman–Crippen LogP) is 5.10. The molecule has 5 rings (SSSR count). The number of primary amides is 1. The Morgan fingerprint density at radius 1 is 1.03 bits per heavy atom. The lowest BCUT2D eigenvalue weighted by molar-refractivity contribution is -0.141. The summed E-state index contributed by atoms with van der Waals surface area (Å²) in [5, 5.41) is 4.21. The molecule has 3 N–H and O–H groups in total. The summed E-state index contributed by atoms with van der Waals surface area (Å²) in [7, 11) is 0. The smallest absolute Gasteiger partial charge is 0.404 e. The number of hydrogen-bond donors (Lipinski definition) is 2. The van der Waals surface area contributed by atoms with Crippen molar-refractivity contribution in [3.05, 3.63) is 63.6 Å². The molecule has 208 valence electrons. The van der Waals surface area contributed by atoms with E-state index in [-0.39, 0.29) is 30.5 Å². The maximum atomic E-state index is 14.1. The number of nitrogens with two attached hydrogens (primary N) is 1. The zero-order valence-electron chi connectivity index (χ0n) is 21.8. The summed E-state index contributed by atoms with van der Waals surface area (Å²) >= 11 is 12.7. The number of nitrogens with one attached hydrogen (secondary N) is 1. The molecule has 1 saturated carbocycles. The van der Waals surface area contributed by atoms with Crippen molar-refractivity contribution >= 4 is 46.8 Å². The van der Waals surface area contributed by atoms with E-state index in [2.05, 4.69) is 10.2 Å². The largest absolute Gasteiger partial charge is 0.446 e. The molecule has 3 amide bonds. The Morgan fingerprint density at radius 3 is 2.44 bits per heavy atom. The molecule has 0 bridgehead atoms. The third-order valence-corrected chi connectivity index (χ3v) is 8.76. The van der Waals surface area contributed by atoms with Crippen molar-refractivity contribution < 1.29 is 19.1 Å². The molecule has 10 heteroatoms. The van der Waals surface area contributed by atoms with Crippen molar-refractivity contribution in [1.82, 2.24) is 9.80 Å². The second-order valence-corrected chi connectivity index (χ2v) is 11.6. The van der Waals surface area contributed by atoms with Crippen LogP contribution in [0.2, 0.25) is 10.0 Å². The molecule has 1 saturated heterocycles. The lowest BCUT2D eigenvalue weighted by atomic mass is 9.80. The Bertz CT molecular complexity index is 1240. The Labute approximate surface area is 238 Å². The second-order valence-electron chi connectivity index (χ2n) is 10.7. The van der Waals surface area contributed by atoms with Gasteiger partial charge < -0.3 is 20.7 Å². The quantitative estimate of drug-likeness (QED) is 0.480. The van der Waals surface area contributed by atoms with Gasteiger partial charge in [0.1, 0.15) is 11.6 Å². The predicted molar refractivity (Wildman–Crippen MR) is 151 cm³/mol. The highest BCUT2D eigenvalue weighted by atomic mass is 35.5. The number of carbonyl (C=O) groups excluding carboxylic acids is 3. The van der Waals surface area contributed by atoms with Gasteiger partial charge in [-0.2, -0.15) is 0 Å². The van der Waals surface area contributed by atoms with E-state index in [0.717, 1.165) is 43.2 Å². The first kappa shape index (κ1) is 27.7. The van der Waals surface area contributed by atoms with Gasteiger partial charge in [0, 0.05) is 59.7 Å². The number of rotatable bonds is 7. The minimum absolute atomic E-state index is 0.0428. The number of anilines is 1. The summed E-state index contributed by atoms with van der Waals surface area (Å²) in [6, 6.07) is 13.1. The van der Waals surface area contributed by atoms with Crippen LogP contribution in [0.1, 0.15) is 56.1 Å². The summed E-state index contributed by atoms with van der Waals surface area (Å²) in [4.78, 5) is 43.1. The number of piperidine rings is 1. The van der Waals surface area contributed by atoms with Crippen LogP contribution in [-0.4, -0.2) is 59.5 Å². The monoisotopic (exact) mass is 572 g/mol. The highest BCUT2D eigenvalue weighted by Crippen LogP contribution is 2.46. The summed E-state index contributed by atoms with van der Waals surface area (Å²) < 4.78 is 5.15. The fraction of sp³-hybridized carbons (Fsp3) is 0.483. The van der Waals surface area contributed by atoms with Crippen molar-refractivity contribution in [2.75, 3.05) is 25.0 Å². The molecular weight excluding hydrogens is 539 g/mol. The van der Waals surface area contributed by atoms with Crippen LogP contribution in [-0.2, 0) is 26.3 Å². The molecule has 0 radical (unpaired) electrons. The van der Waals surface area contributed by atoms with E-state index in [1.165, 1.54) is 0 Å². The van der Waals surface area contributed by atoms with Crippen LogP contribution in [0.15, 0.2) is 42.5 Å². The van der Waals surface area contributed by atoms with Gasteiger partial charge in [-0.05, 0) is 42.7 Å². The first-order chi connectivity index (χ1) is 18.8. The van der Waals surface area contributed by atoms with Crippen molar-refractivity contribution in [2.45, 2.75) is 69.1 Å². The molecule has 0 spiro atoms. The zero-order valence-corrected chi connectivity index (χ0v) is 23.3. The number of fused-ring (bicyclic) bond motifs is 1. The molecular formula is C29H34Cl2N4O4. The van der Waals surface area contributed by atoms with E-state index in [0.29, 0.717) is 48.1 Å². The van der Waals surface area contributed by atoms with Gasteiger partial charge >= 0.3 is 6.09 Å². The Hall–Kier alpha value is -2.81. The van der Waals surface area contributed by atoms with E-state index < -0.39 is 11.6 Å². The summed E-state index contributed by atoms with van der Waals surface area (Å²) in [6.45, 7) is 1.03. The fourth-order valence-corrected chi connectivity index (χ4v) is 6.82. The van der Waals surface area contributed by atoms with Crippen LogP contribution in [0.3, 0.4) is 0 Å². The van der Waals surface area contributed by atoms with Crippen molar-refractivity contribution in [1.29, 1.82) is 0 Å². The molecule has 8 nitrogen and oxygen atoms in total. The third kappa shape index (κ3) is 5.88. The van der Waals surface area contributed by atoms with Gasteiger partial charge in [-0.25, -0.2) is 4.79 Å². The molecule has 2 aliphatic heterocycles. The van der Waals surface area contributed by atoms with Crippen LogP contribution in [0.5, 0.6) is 0 Å². The summed E-state index contributed by atoms with van der Waals surface area (Å²) in [6.07, 6.45) is 5.43. The highest BCUT2D eigenvalue weighted by molar-refractivity contribution is 6.31. The van der Waals surface area contributed by atoms with Crippen LogP contribution in [0.25, 0.3) is 0 Å². The van der Waals surface area contributed by atoms with Gasteiger partial charge in [0.15, 0.2) is 0 Å². The van der Waals surface area contributed by atoms with Crippen molar-refractivity contribution in [3.8, 4) is 0 Å². The SMILES string of the molecule is NC(=O)OC1CCN(C(=O)CN(C2CCCCC2)C2(Cc3cccc(Cl)c3)C(=O)Nc3cc(Cl)ccc32)CC1. The minimum Gasteiger partial charge on any atom is -0.446 e. The van der Waals surface area contributed by atoms with Crippen LogP contribution in [0.4, 0.5) is 10.5 Å². The van der Waals surface area contributed by atoms with Crippen LogP contribution >= 0.6 is 23.2 Å². The maximum Gasteiger partial charge on any atom is 0.404 e. The van der Waals surface area contributed by atoms with E-state index in [4.69, 9.17) is 33.7 Å². The average molecular weight is 574 g/mol. The summed E-state index contributed by atoms with van der Waals surface area (Å²) in [5.41, 5.74) is 6.49. The zero-order chi connectivity index (χ0) is 27.6. The molecule has 2 heterocycles. The molecule has 2 aromatic carbocycles. The summed E-state index contributed by atoms with van der Waals surface area (Å²) in [5.74, 6) is -0.203. The lowest BCUT2D eigenvalue weighted by Crippen LogP contribution is -2.60. The van der Waals surface area contributed by atoms with Gasteiger partial charge in [0.2, 0.25) is 11.8 Å². The van der Waals surface area contributed by atoms with Crippen LogP contribution < -0.4 is 11.1 Å². The molecule has 3 aliphatic rings.